The molecule has 0 aliphatic carbocycles. The topological polar surface area (TPSA) is 53.6 Å². The van der Waals surface area contributed by atoms with Crippen LogP contribution in [0.3, 0.4) is 0 Å². The number of thiophene rings is 1. The SMILES string of the molecule is O=C(NCc1cccc(OCC(F)F)c1)NCC1CCN(Cc2cccs2)CC1. The second kappa shape index (κ2) is 11.1. The molecule has 0 radical (unpaired) electrons. The molecule has 0 bridgehead atoms. The number of carbonyl (C=O) groups is 1. The Morgan fingerprint density at radius 3 is 2.76 bits per heavy atom. The van der Waals surface area contributed by atoms with Crippen molar-refractivity contribution in [2.24, 2.45) is 5.92 Å². The van der Waals surface area contributed by atoms with E-state index < -0.39 is 13.0 Å². The molecule has 3 rings (SSSR count). The van der Waals surface area contributed by atoms with Gasteiger partial charge >= 0.3 is 6.03 Å². The number of carbonyl (C=O) groups excluding carboxylic acids is 1. The van der Waals surface area contributed by atoms with Crippen LogP contribution in [-0.4, -0.2) is 43.6 Å². The highest BCUT2D eigenvalue weighted by atomic mass is 32.1. The minimum Gasteiger partial charge on any atom is -0.488 e. The van der Waals surface area contributed by atoms with E-state index in [-0.39, 0.29) is 6.03 Å². The van der Waals surface area contributed by atoms with Crippen LogP contribution >= 0.6 is 11.3 Å². The van der Waals surface area contributed by atoms with Gasteiger partial charge in [0.2, 0.25) is 0 Å². The number of benzene rings is 1. The summed E-state index contributed by atoms with van der Waals surface area (Å²) in [6, 6.07) is 10.9. The largest absolute Gasteiger partial charge is 0.488 e. The lowest BCUT2D eigenvalue weighted by Crippen LogP contribution is -2.41. The van der Waals surface area contributed by atoms with Gasteiger partial charge in [0.15, 0.2) is 0 Å². The van der Waals surface area contributed by atoms with Crippen molar-refractivity contribution in [3.05, 3.63) is 52.2 Å². The molecule has 5 nitrogen and oxygen atoms in total. The maximum Gasteiger partial charge on any atom is 0.315 e. The first-order chi connectivity index (χ1) is 14.1. The monoisotopic (exact) mass is 423 g/mol. The van der Waals surface area contributed by atoms with E-state index in [0.29, 0.717) is 24.8 Å². The van der Waals surface area contributed by atoms with Crippen LogP contribution in [0.25, 0.3) is 0 Å². The zero-order chi connectivity index (χ0) is 20.5. The third-order valence-corrected chi connectivity index (χ3v) is 5.81. The van der Waals surface area contributed by atoms with Crippen LogP contribution in [0.15, 0.2) is 41.8 Å². The van der Waals surface area contributed by atoms with Gasteiger partial charge in [-0.15, -0.1) is 11.3 Å². The first-order valence-corrected chi connectivity index (χ1v) is 10.7. The molecule has 0 spiro atoms. The van der Waals surface area contributed by atoms with Crippen molar-refractivity contribution < 1.29 is 18.3 Å². The number of likely N-dealkylation sites (tertiary alicyclic amines) is 1. The summed E-state index contributed by atoms with van der Waals surface area (Å²) in [5.41, 5.74) is 0.800. The fourth-order valence-electron chi connectivity index (χ4n) is 3.36. The van der Waals surface area contributed by atoms with E-state index in [0.717, 1.165) is 38.0 Å². The number of ether oxygens (including phenoxy) is 1. The molecule has 2 N–H and O–H groups in total. The Kier molecular flexibility index (Phi) is 8.25. The van der Waals surface area contributed by atoms with E-state index in [1.165, 1.54) is 4.88 Å². The number of hydrogen-bond acceptors (Lipinski definition) is 4. The predicted octanol–water partition coefficient (Wildman–Crippen LogP) is 4.10. The van der Waals surface area contributed by atoms with E-state index in [9.17, 15) is 13.6 Å². The van der Waals surface area contributed by atoms with Crippen LogP contribution in [-0.2, 0) is 13.1 Å². The van der Waals surface area contributed by atoms with Gasteiger partial charge < -0.3 is 15.4 Å². The number of rotatable bonds is 9. The van der Waals surface area contributed by atoms with Crippen LogP contribution in [0, 0.1) is 5.92 Å². The van der Waals surface area contributed by atoms with E-state index in [2.05, 4.69) is 33.0 Å². The number of amides is 2. The second-order valence-corrected chi connectivity index (χ2v) is 8.24. The molecule has 0 atom stereocenters. The number of nitrogens with zero attached hydrogens (tertiary/aromatic N) is 1. The number of halogens is 2. The molecule has 29 heavy (non-hydrogen) atoms. The molecule has 2 aromatic rings. The van der Waals surface area contributed by atoms with E-state index in [4.69, 9.17) is 4.74 Å². The normalized spacial score (nSPS) is 15.4. The Labute approximate surface area is 174 Å². The van der Waals surface area contributed by atoms with Gasteiger partial charge in [-0.1, -0.05) is 18.2 Å². The molecular formula is C21H27F2N3O2S. The van der Waals surface area contributed by atoms with Crippen LogP contribution < -0.4 is 15.4 Å². The lowest BCUT2D eigenvalue weighted by Gasteiger charge is -2.31. The fraction of sp³-hybridized carbons (Fsp3) is 0.476. The zero-order valence-electron chi connectivity index (χ0n) is 16.3. The minimum atomic E-state index is -2.51. The van der Waals surface area contributed by atoms with Crippen LogP contribution in [0.5, 0.6) is 5.75 Å². The molecule has 1 aliphatic rings. The van der Waals surface area contributed by atoms with Gasteiger partial charge in [0.1, 0.15) is 12.4 Å². The molecule has 0 unspecified atom stereocenters. The quantitative estimate of drug-likeness (QED) is 0.638. The van der Waals surface area contributed by atoms with E-state index >= 15 is 0 Å². The molecule has 1 saturated heterocycles. The summed E-state index contributed by atoms with van der Waals surface area (Å²) in [6.45, 7) is 3.46. The van der Waals surface area contributed by atoms with Gasteiger partial charge in [-0.05, 0) is 61.0 Å². The Hall–Kier alpha value is -2.19. The van der Waals surface area contributed by atoms with Crippen LogP contribution in [0.2, 0.25) is 0 Å². The van der Waals surface area contributed by atoms with Crippen molar-refractivity contribution in [3.8, 4) is 5.75 Å². The van der Waals surface area contributed by atoms with Crippen LogP contribution in [0.4, 0.5) is 13.6 Å². The summed E-state index contributed by atoms with van der Waals surface area (Å²) in [4.78, 5) is 15.9. The molecule has 8 heteroatoms. The summed E-state index contributed by atoms with van der Waals surface area (Å²) < 4.78 is 29.5. The van der Waals surface area contributed by atoms with Gasteiger partial charge in [-0.25, -0.2) is 13.6 Å². The highest BCUT2D eigenvalue weighted by Gasteiger charge is 2.20. The van der Waals surface area contributed by atoms with Gasteiger partial charge in [0.05, 0.1) is 0 Å². The van der Waals surface area contributed by atoms with Crippen molar-refractivity contribution in [1.82, 2.24) is 15.5 Å². The average Bonchev–Trinajstić information content (AvgIpc) is 3.23. The van der Waals surface area contributed by atoms with E-state index in [1.807, 2.05) is 6.07 Å². The molecule has 158 valence electrons. The van der Waals surface area contributed by atoms with Gasteiger partial charge in [0, 0.05) is 24.5 Å². The highest BCUT2D eigenvalue weighted by molar-refractivity contribution is 7.09. The van der Waals surface area contributed by atoms with Crippen molar-refractivity contribution in [1.29, 1.82) is 0 Å². The fourth-order valence-corrected chi connectivity index (χ4v) is 4.10. The Morgan fingerprint density at radius 1 is 1.21 bits per heavy atom. The Bertz CT molecular complexity index is 750. The molecule has 1 fully saturated rings. The Morgan fingerprint density at radius 2 is 2.03 bits per heavy atom. The van der Waals surface area contributed by atoms with Gasteiger partial charge in [-0.2, -0.15) is 0 Å². The number of alkyl halides is 2. The third kappa shape index (κ3) is 7.62. The average molecular weight is 424 g/mol. The molecule has 2 amide bonds. The summed E-state index contributed by atoms with van der Waals surface area (Å²) in [6.07, 6.45) is -0.352. The number of nitrogens with one attached hydrogen (secondary N) is 2. The first kappa shape index (κ1) is 21.5. The van der Waals surface area contributed by atoms with E-state index in [1.54, 1.807) is 29.5 Å². The zero-order valence-corrected chi connectivity index (χ0v) is 17.1. The van der Waals surface area contributed by atoms with Crippen molar-refractivity contribution in [2.45, 2.75) is 32.4 Å². The highest BCUT2D eigenvalue weighted by Crippen LogP contribution is 2.20. The summed E-state index contributed by atoms with van der Waals surface area (Å²) >= 11 is 1.79. The number of piperidine rings is 1. The smallest absolute Gasteiger partial charge is 0.315 e. The van der Waals surface area contributed by atoms with Gasteiger partial charge in [0.25, 0.3) is 6.43 Å². The summed E-state index contributed by atoms with van der Waals surface area (Å²) in [5, 5.41) is 7.86. The molecule has 1 aliphatic heterocycles. The molecule has 2 heterocycles. The lowest BCUT2D eigenvalue weighted by atomic mass is 9.97. The molecule has 1 aromatic carbocycles. The van der Waals surface area contributed by atoms with Crippen LogP contribution in [0.1, 0.15) is 23.3 Å². The molecular weight excluding hydrogens is 396 g/mol. The number of hydrogen-bond donors (Lipinski definition) is 2. The van der Waals surface area contributed by atoms with Crippen molar-refractivity contribution >= 4 is 17.4 Å². The number of urea groups is 1. The van der Waals surface area contributed by atoms with Gasteiger partial charge in [-0.3, -0.25) is 4.90 Å². The third-order valence-electron chi connectivity index (χ3n) is 4.95. The lowest BCUT2D eigenvalue weighted by molar-refractivity contribution is 0.0818. The standard InChI is InChI=1S/C21H27F2N3O2S/c22-20(23)15-28-18-4-1-3-17(11-18)13-25-21(27)24-12-16-6-8-26(9-7-16)14-19-5-2-10-29-19/h1-5,10-11,16,20H,6-9,12-15H2,(H2,24,25,27). The maximum absolute atomic E-state index is 12.2. The minimum absolute atomic E-state index is 0.218. The molecule has 0 saturated carbocycles. The molecule has 1 aromatic heterocycles. The van der Waals surface area contributed by atoms with Crippen molar-refractivity contribution in [2.75, 3.05) is 26.2 Å². The van der Waals surface area contributed by atoms with Crippen molar-refractivity contribution in [3.63, 3.8) is 0 Å². The second-order valence-electron chi connectivity index (χ2n) is 7.21. The Balaban J connectivity index is 1.32. The first-order valence-electron chi connectivity index (χ1n) is 9.85. The summed E-state index contributed by atoms with van der Waals surface area (Å²) in [7, 11) is 0. The summed E-state index contributed by atoms with van der Waals surface area (Å²) in [5.74, 6) is 0.866. The predicted molar refractivity (Wildman–Crippen MR) is 110 cm³/mol. The maximum atomic E-state index is 12.2.